The highest BCUT2D eigenvalue weighted by Crippen LogP contribution is 2.43. The Morgan fingerprint density at radius 1 is 1.41 bits per heavy atom. The van der Waals surface area contributed by atoms with Crippen LogP contribution >= 0.6 is 0 Å². The number of nitrogens with zero attached hydrogens (tertiary/aromatic N) is 3. The summed E-state index contributed by atoms with van der Waals surface area (Å²) in [5, 5.41) is 6.99. The van der Waals surface area contributed by atoms with Crippen molar-refractivity contribution in [2.75, 3.05) is 6.54 Å². The van der Waals surface area contributed by atoms with E-state index in [1.807, 2.05) is 12.1 Å². The molecule has 5 nitrogen and oxygen atoms in total. The first kappa shape index (κ1) is 14.7. The van der Waals surface area contributed by atoms with E-state index in [4.69, 9.17) is 0 Å². The maximum Gasteiger partial charge on any atom is 0.244 e. The Morgan fingerprint density at radius 3 is 2.68 bits per heavy atom. The highest BCUT2D eigenvalue weighted by molar-refractivity contribution is 5.79. The Labute approximate surface area is 128 Å². The van der Waals surface area contributed by atoms with E-state index in [2.05, 4.69) is 15.4 Å². The first-order valence-electron chi connectivity index (χ1n) is 7.49. The van der Waals surface area contributed by atoms with Gasteiger partial charge < -0.3 is 5.32 Å². The van der Waals surface area contributed by atoms with E-state index in [-0.39, 0.29) is 17.1 Å². The van der Waals surface area contributed by atoms with Gasteiger partial charge in [0.1, 0.15) is 24.5 Å². The fourth-order valence-electron chi connectivity index (χ4n) is 2.92. The number of amides is 1. The second kappa shape index (κ2) is 5.87. The van der Waals surface area contributed by atoms with Crippen LogP contribution in [0.2, 0.25) is 0 Å². The van der Waals surface area contributed by atoms with Crippen LogP contribution in [0.3, 0.4) is 0 Å². The first-order chi connectivity index (χ1) is 10.6. The molecule has 0 spiro atoms. The van der Waals surface area contributed by atoms with Crippen molar-refractivity contribution < 1.29 is 9.18 Å². The number of aromatic nitrogens is 3. The lowest BCUT2D eigenvalue weighted by Crippen LogP contribution is -2.47. The number of hydrogen-bond acceptors (Lipinski definition) is 3. The van der Waals surface area contributed by atoms with Crippen LogP contribution in [0.4, 0.5) is 4.39 Å². The smallest absolute Gasteiger partial charge is 0.244 e. The van der Waals surface area contributed by atoms with Crippen LogP contribution in [0.1, 0.15) is 37.8 Å². The summed E-state index contributed by atoms with van der Waals surface area (Å²) in [6.07, 6.45) is 6.10. The largest absolute Gasteiger partial charge is 0.353 e. The van der Waals surface area contributed by atoms with Gasteiger partial charge in [0.2, 0.25) is 5.91 Å². The fourth-order valence-corrected chi connectivity index (χ4v) is 2.92. The summed E-state index contributed by atoms with van der Waals surface area (Å²) < 4.78 is 14.6. The third-order valence-corrected chi connectivity index (χ3v) is 4.58. The Balaban J connectivity index is 1.66. The van der Waals surface area contributed by atoms with Gasteiger partial charge in [0.05, 0.1) is 0 Å². The Hall–Kier alpha value is -2.24. The molecule has 6 heteroatoms. The van der Waals surface area contributed by atoms with Gasteiger partial charge in [-0.1, -0.05) is 18.6 Å². The maximum atomic E-state index is 13.1. The van der Waals surface area contributed by atoms with Gasteiger partial charge in [-0.05, 0) is 37.5 Å². The van der Waals surface area contributed by atoms with Gasteiger partial charge in [-0.3, -0.25) is 4.79 Å². The molecule has 1 aromatic heterocycles. The van der Waals surface area contributed by atoms with Crippen molar-refractivity contribution in [2.24, 2.45) is 0 Å². The number of hydrogen-bond donors (Lipinski definition) is 1. The summed E-state index contributed by atoms with van der Waals surface area (Å²) in [6, 6.07) is 6.21. The van der Waals surface area contributed by atoms with Gasteiger partial charge in [-0.25, -0.2) is 14.1 Å². The van der Waals surface area contributed by atoms with Crippen molar-refractivity contribution >= 4 is 5.91 Å². The molecule has 1 amide bonds. The Morgan fingerprint density at radius 2 is 2.14 bits per heavy atom. The van der Waals surface area contributed by atoms with Crippen LogP contribution in [-0.2, 0) is 10.2 Å². The lowest BCUT2D eigenvalue weighted by atomic mass is 9.64. The molecular weight excluding hydrogens is 283 g/mol. The SMILES string of the molecule is C[C@@H](C(=O)NCC1(c2ccc(F)cc2)CCC1)n1cncn1. The van der Waals surface area contributed by atoms with Gasteiger partial charge in [0, 0.05) is 12.0 Å². The number of carbonyl (C=O) groups excluding carboxylic acids is 1. The molecule has 1 aliphatic rings. The second-order valence-corrected chi connectivity index (χ2v) is 5.91. The molecule has 1 N–H and O–H groups in total. The number of halogens is 1. The normalized spacial score (nSPS) is 17.5. The van der Waals surface area contributed by atoms with E-state index in [1.165, 1.54) is 29.5 Å². The summed E-state index contributed by atoms with van der Waals surface area (Å²) in [7, 11) is 0. The topological polar surface area (TPSA) is 59.8 Å². The maximum absolute atomic E-state index is 13.1. The lowest BCUT2D eigenvalue weighted by molar-refractivity contribution is -0.124. The predicted octanol–water partition coefficient (Wildman–Crippen LogP) is 2.22. The van der Waals surface area contributed by atoms with E-state index < -0.39 is 6.04 Å². The Bertz CT molecular complexity index is 635. The zero-order valence-corrected chi connectivity index (χ0v) is 12.5. The van der Waals surface area contributed by atoms with Crippen LogP contribution in [-0.4, -0.2) is 27.2 Å². The molecule has 1 heterocycles. The summed E-state index contributed by atoms with van der Waals surface area (Å²) >= 11 is 0. The highest BCUT2D eigenvalue weighted by atomic mass is 19.1. The zero-order chi connectivity index (χ0) is 15.6. The molecule has 0 saturated heterocycles. The first-order valence-corrected chi connectivity index (χ1v) is 7.49. The molecule has 2 aromatic rings. The minimum Gasteiger partial charge on any atom is -0.353 e. The van der Waals surface area contributed by atoms with Crippen molar-refractivity contribution in [3.05, 3.63) is 48.3 Å². The fraction of sp³-hybridized carbons (Fsp3) is 0.438. The number of carbonyl (C=O) groups is 1. The van der Waals surface area contributed by atoms with Crippen molar-refractivity contribution in [1.82, 2.24) is 20.1 Å². The number of benzene rings is 1. The van der Waals surface area contributed by atoms with E-state index in [0.717, 1.165) is 24.8 Å². The van der Waals surface area contributed by atoms with E-state index in [9.17, 15) is 9.18 Å². The molecule has 1 atom stereocenters. The average Bonchev–Trinajstić information content (AvgIpc) is 3.01. The molecule has 0 unspecified atom stereocenters. The van der Waals surface area contributed by atoms with Crippen molar-refractivity contribution in [2.45, 2.75) is 37.6 Å². The van der Waals surface area contributed by atoms with Crippen LogP contribution in [0.5, 0.6) is 0 Å². The van der Waals surface area contributed by atoms with Gasteiger partial charge in [-0.15, -0.1) is 0 Å². The summed E-state index contributed by atoms with van der Waals surface area (Å²) in [5.74, 6) is -0.319. The monoisotopic (exact) mass is 302 g/mol. The molecule has 1 saturated carbocycles. The van der Waals surface area contributed by atoms with E-state index in [0.29, 0.717) is 6.54 Å². The number of rotatable bonds is 5. The molecule has 0 bridgehead atoms. The molecule has 1 aliphatic carbocycles. The summed E-state index contributed by atoms with van der Waals surface area (Å²) in [4.78, 5) is 16.1. The quantitative estimate of drug-likeness (QED) is 0.921. The molecule has 22 heavy (non-hydrogen) atoms. The zero-order valence-electron chi connectivity index (χ0n) is 12.5. The average molecular weight is 302 g/mol. The standard InChI is InChI=1S/C16H19FN4O/c1-12(21-11-18-10-20-21)15(22)19-9-16(7-2-8-16)13-3-5-14(17)6-4-13/h3-6,10-12H,2,7-9H2,1H3,(H,19,22)/t12-/m0/s1. The third kappa shape index (κ3) is 2.73. The molecule has 1 aromatic carbocycles. The van der Waals surface area contributed by atoms with Crippen LogP contribution in [0.25, 0.3) is 0 Å². The third-order valence-electron chi connectivity index (χ3n) is 4.58. The van der Waals surface area contributed by atoms with E-state index in [1.54, 1.807) is 6.92 Å². The molecule has 0 aliphatic heterocycles. The highest BCUT2D eigenvalue weighted by Gasteiger charge is 2.39. The molecule has 0 radical (unpaired) electrons. The second-order valence-electron chi connectivity index (χ2n) is 5.91. The van der Waals surface area contributed by atoms with Crippen LogP contribution in [0.15, 0.2) is 36.9 Å². The Kier molecular flexibility index (Phi) is 3.92. The lowest BCUT2D eigenvalue weighted by Gasteiger charge is -2.42. The van der Waals surface area contributed by atoms with Gasteiger partial charge in [0.25, 0.3) is 0 Å². The molecule has 1 fully saturated rings. The molecule has 116 valence electrons. The van der Waals surface area contributed by atoms with Gasteiger partial charge in [-0.2, -0.15) is 5.10 Å². The number of nitrogens with one attached hydrogen (secondary N) is 1. The summed E-state index contributed by atoms with van der Waals surface area (Å²) in [5.41, 5.74) is 1.03. The van der Waals surface area contributed by atoms with Gasteiger partial charge in [0.15, 0.2) is 0 Å². The predicted molar refractivity (Wildman–Crippen MR) is 79.7 cm³/mol. The van der Waals surface area contributed by atoms with Crippen LogP contribution < -0.4 is 5.32 Å². The van der Waals surface area contributed by atoms with E-state index >= 15 is 0 Å². The molecule has 3 rings (SSSR count). The van der Waals surface area contributed by atoms with Crippen LogP contribution in [0, 0.1) is 5.82 Å². The van der Waals surface area contributed by atoms with Gasteiger partial charge >= 0.3 is 0 Å². The minimum atomic E-state index is -0.396. The summed E-state index contributed by atoms with van der Waals surface area (Å²) in [6.45, 7) is 2.35. The minimum absolute atomic E-state index is 0.0640. The van der Waals surface area contributed by atoms with Crippen molar-refractivity contribution in [3.63, 3.8) is 0 Å². The molecular formula is C16H19FN4O. The van der Waals surface area contributed by atoms with Crippen molar-refractivity contribution in [1.29, 1.82) is 0 Å². The van der Waals surface area contributed by atoms with Crippen molar-refractivity contribution in [3.8, 4) is 0 Å².